The van der Waals surface area contributed by atoms with Crippen LogP contribution < -0.4 is 0 Å². The zero-order chi connectivity index (χ0) is 30.4. The molecule has 0 unspecified atom stereocenters. The van der Waals surface area contributed by atoms with Crippen molar-refractivity contribution in [3.05, 3.63) is 12.2 Å². The molecule has 0 fully saturated rings. The Morgan fingerprint density at radius 1 is 0.452 bits per heavy atom. The van der Waals surface area contributed by atoms with E-state index >= 15 is 0 Å². The van der Waals surface area contributed by atoms with Crippen LogP contribution in [-0.2, 0) is 9.53 Å². The molecule has 1 N–H and O–H groups in total. The number of rotatable bonds is 36. The van der Waals surface area contributed by atoms with E-state index in [4.69, 9.17) is 9.84 Å². The number of carbonyl (C=O) groups excluding carboxylic acids is 1. The molecule has 0 amide bonds. The Labute approximate surface area is 264 Å². The van der Waals surface area contributed by atoms with Gasteiger partial charge in [0.15, 0.2) is 0 Å². The maximum Gasteiger partial charge on any atom is 0.305 e. The predicted molar refractivity (Wildman–Crippen MR) is 185 cm³/mol. The van der Waals surface area contributed by atoms with E-state index in [1.165, 1.54) is 186 Å². The third-order valence-corrected chi connectivity index (χ3v) is 8.71. The van der Waals surface area contributed by atoms with Gasteiger partial charge in [-0.1, -0.05) is 180 Å². The highest BCUT2D eigenvalue weighted by atomic mass is 16.5. The van der Waals surface area contributed by atoms with Crippen molar-refractivity contribution in [2.45, 2.75) is 219 Å². The summed E-state index contributed by atoms with van der Waals surface area (Å²) in [7, 11) is 0. The van der Waals surface area contributed by atoms with Gasteiger partial charge in [0.1, 0.15) is 0 Å². The van der Waals surface area contributed by atoms with Gasteiger partial charge in [-0.25, -0.2) is 0 Å². The summed E-state index contributed by atoms with van der Waals surface area (Å²) in [5, 5.41) is 8.78. The Morgan fingerprint density at radius 2 is 0.786 bits per heavy atom. The first-order valence-electron chi connectivity index (χ1n) is 19.2. The molecule has 0 aromatic heterocycles. The van der Waals surface area contributed by atoms with Gasteiger partial charge in [0.05, 0.1) is 6.61 Å². The molecule has 0 bridgehead atoms. The maximum absolute atomic E-state index is 11.9. The predicted octanol–water partition coefficient (Wildman–Crippen LogP) is 13.0. The van der Waals surface area contributed by atoms with Crippen molar-refractivity contribution in [3.8, 4) is 0 Å². The van der Waals surface area contributed by atoms with Gasteiger partial charge < -0.3 is 9.84 Å². The number of hydrogen-bond donors (Lipinski definition) is 1. The molecule has 3 heteroatoms. The summed E-state index contributed by atoms with van der Waals surface area (Å²) in [6.45, 7) is 3.26. The molecule has 0 saturated heterocycles. The number of hydrogen-bond acceptors (Lipinski definition) is 3. The zero-order valence-corrected chi connectivity index (χ0v) is 28.7. The molecule has 0 radical (unpaired) electrons. The van der Waals surface area contributed by atoms with Crippen molar-refractivity contribution in [2.24, 2.45) is 0 Å². The standard InChI is InChI=1S/C39H76O3/c1-2-3-4-5-6-7-8-9-10-11-12-13-15-18-21-24-27-30-33-36-39(41)42-38-35-32-29-26-23-20-17-14-16-19-22-25-28-31-34-37-40/h9-10,40H,2-8,11-38H2,1H3. The first-order valence-corrected chi connectivity index (χ1v) is 19.2. The molecule has 0 atom stereocenters. The van der Waals surface area contributed by atoms with Crippen LogP contribution in [0.3, 0.4) is 0 Å². The van der Waals surface area contributed by atoms with E-state index in [1.54, 1.807) is 0 Å². The fraction of sp³-hybridized carbons (Fsp3) is 0.923. The normalized spacial score (nSPS) is 11.6. The minimum atomic E-state index is 0.0150. The van der Waals surface area contributed by atoms with Gasteiger partial charge in [0, 0.05) is 13.0 Å². The van der Waals surface area contributed by atoms with E-state index in [0.29, 0.717) is 19.6 Å². The minimum absolute atomic E-state index is 0.0150. The van der Waals surface area contributed by atoms with Crippen LogP contribution in [0.2, 0.25) is 0 Å². The summed E-state index contributed by atoms with van der Waals surface area (Å²) in [6.07, 6.45) is 47.2. The highest BCUT2D eigenvalue weighted by molar-refractivity contribution is 5.69. The van der Waals surface area contributed by atoms with Crippen molar-refractivity contribution >= 4 is 5.97 Å². The number of carbonyl (C=O) groups is 1. The number of esters is 1. The molecule has 0 aromatic rings. The first-order chi connectivity index (χ1) is 20.8. The Bertz CT molecular complexity index is 530. The van der Waals surface area contributed by atoms with Crippen molar-refractivity contribution in [2.75, 3.05) is 13.2 Å². The lowest BCUT2D eigenvalue weighted by molar-refractivity contribution is -0.143. The fourth-order valence-corrected chi connectivity index (χ4v) is 5.82. The average molecular weight is 593 g/mol. The molecule has 42 heavy (non-hydrogen) atoms. The molecule has 0 aliphatic heterocycles. The lowest BCUT2D eigenvalue weighted by Crippen LogP contribution is -2.05. The molecular weight excluding hydrogens is 516 g/mol. The van der Waals surface area contributed by atoms with Gasteiger partial charge in [0.25, 0.3) is 0 Å². The number of ether oxygens (including phenoxy) is 1. The van der Waals surface area contributed by atoms with Crippen LogP contribution in [0.5, 0.6) is 0 Å². The molecule has 0 aromatic carbocycles. The Hall–Kier alpha value is -0.830. The highest BCUT2D eigenvalue weighted by Gasteiger charge is 2.03. The SMILES string of the molecule is CCCCCCCCC=CCCCCCCCCCCCC(=O)OCCCCCCCCCCCCCCCCCO. The van der Waals surface area contributed by atoms with Crippen LogP contribution >= 0.6 is 0 Å². The van der Waals surface area contributed by atoms with E-state index in [2.05, 4.69) is 19.1 Å². The Morgan fingerprint density at radius 3 is 1.19 bits per heavy atom. The van der Waals surface area contributed by atoms with Gasteiger partial charge in [0.2, 0.25) is 0 Å². The number of allylic oxidation sites excluding steroid dienone is 2. The first kappa shape index (κ1) is 41.2. The van der Waals surface area contributed by atoms with Crippen molar-refractivity contribution in [1.82, 2.24) is 0 Å². The second-order valence-electron chi connectivity index (χ2n) is 13.0. The average Bonchev–Trinajstić information content (AvgIpc) is 3.00. The van der Waals surface area contributed by atoms with Crippen molar-refractivity contribution < 1.29 is 14.6 Å². The van der Waals surface area contributed by atoms with Crippen LogP contribution in [0.15, 0.2) is 12.2 Å². The summed E-state index contributed by atoms with van der Waals surface area (Å²) >= 11 is 0. The summed E-state index contributed by atoms with van der Waals surface area (Å²) in [5.74, 6) is 0.0150. The summed E-state index contributed by atoms with van der Waals surface area (Å²) < 4.78 is 5.44. The summed E-state index contributed by atoms with van der Waals surface area (Å²) in [4.78, 5) is 11.9. The van der Waals surface area contributed by atoms with Gasteiger partial charge in [-0.3, -0.25) is 4.79 Å². The molecule has 250 valence electrons. The van der Waals surface area contributed by atoms with Crippen molar-refractivity contribution in [3.63, 3.8) is 0 Å². The van der Waals surface area contributed by atoms with E-state index in [-0.39, 0.29) is 5.97 Å². The van der Waals surface area contributed by atoms with Crippen LogP contribution in [0, 0.1) is 0 Å². The van der Waals surface area contributed by atoms with E-state index in [9.17, 15) is 4.79 Å². The van der Waals surface area contributed by atoms with E-state index < -0.39 is 0 Å². The van der Waals surface area contributed by atoms with E-state index in [1.807, 2.05) is 0 Å². The minimum Gasteiger partial charge on any atom is -0.466 e. The van der Waals surface area contributed by atoms with Crippen LogP contribution in [0.1, 0.15) is 219 Å². The summed E-state index contributed by atoms with van der Waals surface area (Å²) in [6, 6.07) is 0. The lowest BCUT2D eigenvalue weighted by Gasteiger charge is -2.06. The van der Waals surface area contributed by atoms with Crippen LogP contribution in [-0.4, -0.2) is 24.3 Å². The second kappa shape index (κ2) is 38.2. The molecular formula is C39H76O3. The zero-order valence-electron chi connectivity index (χ0n) is 28.7. The third-order valence-electron chi connectivity index (χ3n) is 8.71. The van der Waals surface area contributed by atoms with Crippen molar-refractivity contribution in [1.29, 1.82) is 0 Å². The topological polar surface area (TPSA) is 46.5 Å². The molecule has 0 heterocycles. The molecule has 0 spiro atoms. The lowest BCUT2D eigenvalue weighted by atomic mass is 10.0. The highest BCUT2D eigenvalue weighted by Crippen LogP contribution is 2.15. The molecule has 0 aliphatic carbocycles. The second-order valence-corrected chi connectivity index (χ2v) is 13.0. The third kappa shape index (κ3) is 37.2. The monoisotopic (exact) mass is 593 g/mol. The van der Waals surface area contributed by atoms with Gasteiger partial charge in [-0.2, -0.15) is 0 Å². The molecule has 0 aliphatic rings. The Balaban J connectivity index is 3.18. The van der Waals surface area contributed by atoms with Crippen LogP contribution in [0.4, 0.5) is 0 Å². The quantitative estimate of drug-likeness (QED) is 0.0447. The molecule has 0 rings (SSSR count). The van der Waals surface area contributed by atoms with Crippen LogP contribution in [0.25, 0.3) is 0 Å². The number of aliphatic hydroxyl groups excluding tert-OH is 1. The smallest absolute Gasteiger partial charge is 0.305 e. The number of aliphatic hydroxyl groups is 1. The summed E-state index contributed by atoms with van der Waals surface area (Å²) in [5.41, 5.74) is 0. The largest absolute Gasteiger partial charge is 0.466 e. The molecule has 0 saturated carbocycles. The Kier molecular flexibility index (Phi) is 37.4. The molecule has 3 nitrogen and oxygen atoms in total. The maximum atomic E-state index is 11.9. The van der Waals surface area contributed by atoms with Gasteiger partial charge in [-0.15, -0.1) is 0 Å². The number of unbranched alkanes of at least 4 members (excludes halogenated alkanes) is 29. The van der Waals surface area contributed by atoms with Gasteiger partial charge in [-0.05, 0) is 44.9 Å². The fourth-order valence-electron chi connectivity index (χ4n) is 5.82. The van der Waals surface area contributed by atoms with E-state index in [0.717, 1.165) is 19.3 Å². The van der Waals surface area contributed by atoms with Gasteiger partial charge >= 0.3 is 5.97 Å².